The smallest absolute Gasteiger partial charge is 0.226 e. The Hall–Kier alpha value is -1.95. The Kier molecular flexibility index (Phi) is 6.15. The first kappa shape index (κ1) is 19.8. The first-order valence-corrected chi connectivity index (χ1v) is 9.94. The van der Waals surface area contributed by atoms with Gasteiger partial charge in [0.1, 0.15) is 5.82 Å². The minimum Gasteiger partial charge on any atom is -0.337 e. The van der Waals surface area contributed by atoms with Crippen LogP contribution in [-0.4, -0.2) is 47.3 Å². The van der Waals surface area contributed by atoms with Crippen LogP contribution in [0.25, 0.3) is 0 Å². The fraction of sp³-hybridized carbons (Fsp3) is 0.619. The highest BCUT2D eigenvalue weighted by Gasteiger charge is 2.33. The Balaban J connectivity index is 1.65. The molecule has 6 heteroatoms. The number of rotatable bonds is 4. The van der Waals surface area contributed by atoms with E-state index in [0.29, 0.717) is 18.1 Å². The molecule has 2 fully saturated rings. The molecule has 1 aromatic carbocycles. The van der Waals surface area contributed by atoms with Gasteiger partial charge in [-0.1, -0.05) is 12.8 Å². The van der Waals surface area contributed by atoms with Gasteiger partial charge in [-0.25, -0.2) is 4.39 Å². The maximum absolute atomic E-state index is 14.0. The van der Waals surface area contributed by atoms with Crippen molar-refractivity contribution in [3.05, 3.63) is 29.1 Å². The second-order valence-electron chi connectivity index (χ2n) is 8.02. The summed E-state index contributed by atoms with van der Waals surface area (Å²) in [4.78, 5) is 28.4. The van der Waals surface area contributed by atoms with E-state index in [0.717, 1.165) is 43.6 Å². The highest BCUT2D eigenvalue weighted by Crippen LogP contribution is 2.29. The van der Waals surface area contributed by atoms with E-state index in [1.807, 2.05) is 11.8 Å². The van der Waals surface area contributed by atoms with E-state index in [9.17, 15) is 14.0 Å². The van der Waals surface area contributed by atoms with Gasteiger partial charge >= 0.3 is 0 Å². The third-order valence-corrected chi connectivity index (χ3v) is 5.88. The summed E-state index contributed by atoms with van der Waals surface area (Å²) in [6, 6.07) is 3.07. The molecule has 2 aliphatic rings. The average molecular weight is 375 g/mol. The molecule has 148 valence electrons. The lowest BCUT2D eigenvalue weighted by Gasteiger charge is -2.41. The quantitative estimate of drug-likeness (QED) is 0.878. The maximum Gasteiger partial charge on any atom is 0.226 e. The Morgan fingerprint density at radius 1 is 1.22 bits per heavy atom. The van der Waals surface area contributed by atoms with Crippen LogP contribution in [0.2, 0.25) is 0 Å². The predicted molar refractivity (Wildman–Crippen MR) is 104 cm³/mol. The molecule has 2 amide bonds. The molecule has 27 heavy (non-hydrogen) atoms. The number of hydrogen-bond acceptors (Lipinski definition) is 3. The van der Waals surface area contributed by atoms with Crippen molar-refractivity contribution in [1.82, 2.24) is 9.80 Å². The SMILES string of the molecule is CC(=O)Nc1cc(F)cc(CN2CCN(C(=O)C3CCCC3)[C@@H](C)C2)c1C. The summed E-state index contributed by atoms with van der Waals surface area (Å²) >= 11 is 0. The molecule has 1 aromatic rings. The number of amides is 2. The van der Waals surface area contributed by atoms with Gasteiger partial charge in [0.2, 0.25) is 11.8 Å². The fourth-order valence-corrected chi connectivity index (χ4v) is 4.37. The van der Waals surface area contributed by atoms with Crippen LogP contribution in [0.3, 0.4) is 0 Å². The van der Waals surface area contributed by atoms with Crippen LogP contribution >= 0.6 is 0 Å². The molecule has 5 nitrogen and oxygen atoms in total. The molecule has 0 aromatic heterocycles. The standard InChI is InChI=1S/C21H30FN3O2/c1-14-12-24(8-9-25(14)21(27)17-6-4-5-7-17)13-18-10-19(22)11-20(15(18)2)23-16(3)26/h10-11,14,17H,4-9,12-13H2,1-3H3,(H,23,26)/t14-/m0/s1. The van der Waals surface area contributed by atoms with Crippen molar-refractivity contribution >= 4 is 17.5 Å². The van der Waals surface area contributed by atoms with Crippen LogP contribution in [0.1, 0.15) is 50.7 Å². The summed E-state index contributed by atoms with van der Waals surface area (Å²) in [5, 5.41) is 2.70. The molecule has 0 spiro atoms. The van der Waals surface area contributed by atoms with Gasteiger partial charge in [-0.15, -0.1) is 0 Å². The Morgan fingerprint density at radius 3 is 2.56 bits per heavy atom. The molecule has 1 saturated heterocycles. The Labute approximate surface area is 160 Å². The third kappa shape index (κ3) is 4.67. The molecule has 1 heterocycles. The van der Waals surface area contributed by atoms with Gasteiger partial charge in [-0.05, 0) is 49.9 Å². The number of halogens is 1. The second kappa shape index (κ2) is 8.38. The van der Waals surface area contributed by atoms with E-state index in [4.69, 9.17) is 0 Å². The van der Waals surface area contributed by atoms with Crippen LogP contribution in [0.4, 0.5) is 10.1 Å². The molecule has 0 unspecified atom stereocenters. The van der Waals surface area contributed by atoms with Gasteiger partial charge in [0.15, 0.2) is 0 Å². The molecule has 0 bridgehead atoms. The molecule has 1 saturated carbocycles. The van der Waals surface area contributed by atoms with Crippen molar-refractivity contribution in [3.63, 3.8) is 0 Å². The highest BCUT2D eigenvalue weighted by molar-refractivity contribution is 5.89. The van der Waals surface area contributed by atoms with E-state index in [-0.39, 0.29) is 23.7 Å². The van der Waals surface area contributed by atoms with E-state index >= 15 is 0 Å². The number of anilines is 1. The topological polar surface area (TPSA) is 52.7 Å². The van der Waals surface area contributed by atoms with Crippen molar-refractivity contribution in [3.8, 4) is 0 Å². The zero-order valence-electron chi connectivity index (χ0n) is 16.6. The lowest BCUT2D eigenvalue weighted by Crippen LogP contribution is -2.54. The first-order chi connectivity index (χ1) is 12.8. The molecular weight excluding hydrogens is 345 g/mol. The number of benzene rings is 1. The van der Waals surface area contributed by atoms with E-state index < -0.39 is 0 Å². The van der Waals surface area contributed by atoms with Gasteiger partial charge < -0.3 is 10.2 Å². The summed E-state index contributed by atoms with van der Waals surface area (Å²) in [6.45, 7) is 8.34. The monoisotopic (exact) mass is 375 g/mol. The highest BCUT2D eigenvalue weighted by atomic mass is 19.1. The van der Waals surface area contributed by atoms with Crippen molar-refractivity contribution in [2.75, 3.05) is 25.0 Å². The molecule has 1 N–H and O–H groups in total. The minimum absolute atomic E-state index is 0.163. The number of piperazine rings is 1. The summed E-state index contributed by atoms with van der Waals surface area (Å²) in [5.74, 6) is -0.0241. The third-order valence-electron chi connectivity index (χ3n) is 5.88. The number of hydrogen-bond donors (Lipinski definition) is 1. The van der Waals surface area contributed by atoms with E-state index in [1.54, 1.807) is 6.07 Å². The summed E-state index contributed by atoms with van der Waals surface area (Å²) in [7, 11) is 0. The van der Waals surface area contributed by atoms with Crippen LogP contribution in [0.15, 0.2) is 12.1 Å². The van der Waals surface area contributed by atoms with Crippen LogP contribution in [0.5, 0.6) is 0 Å². The van der Waals surface area contributed by atoms with E-state index in [2.05, 4.69) is 17.1 Å². The molecule has 3 rings (SSSR count). The zero-order valence-corrected chi connectivity index (χ0v) is 16.6. The van der Waals surface area contributed by atoms with Gasteiger partial charge in [0.25, 0.3) is 0 Å². The summed E-state index contributed by atoms with van der Waals surface area (Å²) in [6.07, 6.45) is 4.39. The Morgan fingerprint density at radius 2 is 1.93 bits per heavy atom. The van der Waals surface area contributed by atoms with Crippen LogP contribution in [-0.2, 0) is 16.1 Å². The lowest BCUT2D eigenvalue weighted by molar-refractivity contribution is -0.140. The fourth-order valence-electron chi connectivity index (χ4n) is 4.37. The number of nitrogens with one attached hydrogen (secondary N) is 1. The molecule has 1 atom stereocenters. The number of nitrogens with zero attached hydrogens (tertiary/aromatic N) is 2. The maximum atomic E-state index is 14.0. The molecule has 1 aliphatic heterocycles. The largest absolute Gasteiger partial charge is 0.337 e. The van der Waals surface area contributed by atoms with Crippen molar-refractivity contribution < 1.29 is 14.0 Å². The first-order valence-electron chi connectivity index (χ1n) is 9.94. The molecular formula is C21H30FN3O2. The van der Waals surface area contributed by atoms with Crippen molar-refractivity contribution in [2.45, 2.75) is 59.0 Å². The Bertz CT molecular complexity index is 716. The average Bonchev–Trinajstić information content (AvgIpc) is 3.13. The number of carbonyl (C=O) groups is 2. The van der Waals surface area contributed by atoms with Gasteiger partial charge in [0.05, 0.1) is 0 Å². The number of carbonyl (C=O) groups excluding carboxylic acids is 2. The van der Waals surface area contributed by atoms with Crippen LogP contribution < -0.4 is 5.32 Å². The van der Waals surface area contributed by atoms with Gasteiger partial charge in [0, 0.05) is 50.7 Å². The normalized spacial score (nSPS) is 21.5. The van der Waals surface area contributed by atoms with E-state index in [1.165, 1.54) is 25.8 Å². The summed E-state index contributed by atoms with van der Waals surface area (Å²) in [5.41, 5.74) is 2.30. The second-order valence-corrected chi connectivity index (χ2v) is 8.02. The molecule has 0 radical (unpaired) electrons. The lowest BCUT2D eigenvalue weighted by atomic mass is 10.0. The molecule has 1 aliphatic carbocycles. The minimum atomic E-state index is -0.345. The predicted octanol–water partition coefficient (Wildman–Crippen LogP) is 3.32. The van der Waals surface area contributed by atoms with Crippen molar-refractivity contribution in [2.24, 2.45) is 5.92 Å². The van der Waals surface area contributed by atoms with Gasteiger partial charge in [-0.3, -0.25) is 14.5 Å². The van der Waals surface area contributed by atoms with Crippen LogP contribution in [0, 0.1) is 18.7 Å². The summed E-state index contributed by atoms with van der Waals surface area (Å²) < 4.78 is 14.0. The van der Waals surface area contributed by atoms with Crippen molar-refractivity contribution in [1.29, 1.82) is 0 Å². The van der Waals surface area contributed by atoms with Gasteiger partial charge in [-0.2, -0.15) is 0 Å². The zero-order chi connectivity index (χ0) is 19.6.